The van der Waals surface area contributed by atoms with Gasteiger partial charge in [0.05, 0.1) is 5.56 Å². The van der Waals surface area contributed by atoms with Crippen LogP contribution in [0.2, 0.25) is 5.02 Å². The molecule has 1 unspecified atom stereocenters. The molecule has 4 atom stereocenters. The molecule has 0 saturated carbocycles. The van der Waals surface area contributed by atoms with E-state index in [1.807, 2.05) is 0 Å². The van der Waals surface area contributed by atoms with Crippen LogP contribution in [0.3, 0.4) is 0 Å². The Morgan fingerprint density at radius 3 is 2.17 bits per heavy atom. The molecule has 30 heavy (non-hydrogen) atoms. The van der Waals surface area contributed by atoms with Gasteiger partial charge >= 0.3 is 23.9 Å². The Morgan fingerprint density at radius 2 is 1.67 bits per heavy atom. The molecular weight excluding hydrogens is 420 g/mol. The van der Waals surface area contributed by atoms with Crippen molar-refractivity contribution in [1.82, 2.24) is 0 Å². The second kappa shape index (κ2) is 9.61. The smallest absolute Gasteiger partial charge is 0.338 e. The molecule has 0 aliphatic carbocycles. The molecular formula is C20H19ClO9. The summed E-state index contributed by atoms with van der Waals surface area (Å²) in [5, 5.41) is 0.431. The maximum Gasteiger partial charge on any atom is 0.338 e. The van der Waals surface area contributed by atoms with Crippen molar-refractivity contribution in [2.24, 2.45) is 0 Å². The molecule has 10 heteroatoms. The van der Waals surface area contributed by atoms with Crippen molar-refractivity contribution in [2.45, 2.75) is 44.9 Å². The van der Waals surface area contributed by atoms with Crippen molar-refractivity contribution in [2.75, 3.05) is 6.61 Å². The van der Waals surface area contributed by atoms with E-state index < -0.39 is 54.6 Å². The van der Waals surface area contributed by atoms with Crippen molar-refractivity contribution in [1.29, 1.82) is 0 Å². The molecule has 0 amide bonds. The van der Waals surface area contributed by atoms with Crippen LogP contribution in [0, 0.1) is 12.3 Å². The monoisotopic (exact) mass is 438 g/mol. The Bertz CT molecular complexity index is 873. The molecule has 2 rings (SSSR count). The van der Waals surface area contributed by atoms with E-state index >= 15 is 0 Å². The number of carbonyl (C=O) groups is 4. The number of esters is 4. The average Bonchev–Trinajstić information content (AvgIpc) is 2.92. The Labute approximate surface area is 177 Å². The van der Waals surface area contributed by atoms with Crippen molar-refractivity contribution in [3.05, 3.63) is 34.9 Å². The van der Waals surface area contributed by atoms with E-state index in [2.05, 4.69) is 5.92 Å². The summed E-state index contributed by atoms with van der Waals surface area (Å²) < 4.78 is 26.2. The molecule has 160 valence electrons. The number of hydrogen-bond acceptors (Lipinski definition) is 9. The maximum atomic E-state index is 12.3. The number of ether oxygens (including phenoxy) is 5. The minimum atomic E-state index is -2.00. The SMILES string of the molecule is C#C[C@@]1(OC(C)=O)[C@@H](COC(=O)c2ccc(Cl)cc2)OC(OC(C)=O)[C@@H]1OC(C)=O. The fourth-order valence-electron chi connectivity index (χ4n) is 2.84. The molecule has 0 N–H and O–H groups in total. The van der Waals surface area contributed by atoms with Crippen LogP contribution < -0.4 is 0 Å². The second-order valence-electron chi connectivity index (χ2n) is 6.27. The minimum absolute atomic E-state index is 0.198. The zero-order valence-corrected chi connectivity index (χ0v) is 17.1. The van der Waals surface area contributed by atoms with E-state index in [1.54, 1.807) is 0 Å². The van der Waals surface area contributed by atoms with E-state index in [0.717, 1.165) is 20.8 Å². The number of terminal acetylenes is 1. The van der Waals surface area contributed by atoms with Crippen LogP contribution in [0.25, 0.3) is 0 Å². The molecule has 0 radical (unpaired) electrons. The van der Waals surface area contributed by atoms with E-state index in [9.17, 15) is 19.2 Å². The van der Waals surface area contributed by atoms with Crippen molar-refractivity contribution >= 4 is 35.5 Å². The lowest BCUT2D eigenvalue weighted by Gasteiger charge is -2.31. The highest BCUT2D eigenvalue weighted by Gasteiger charge is 2.63. The lowest BCUT2D eigenvalue weighted by molar-refractivity contribution is -0.197. The molecule has 1 fully saturated rings. The lowest BCUT2D eigenvalue weighted by atomic mass is 9.93. The molecule has 1 aliphatic rings. The summed E-state index contributed by atoms with van der Waals surface area (Å²) in [6.07, 6.45) is 1.35. The summed E-state index contributed by atoms with van der Waals surface area (Å²) in [4.78, 5) is 47.0. The second-order valence-corrected chi connectivity index (χ2v) is 6.71. The van der Waals surface area contributed by atoms with Crippen molar-refractivity contribution < 1.29 is 42.9 Å². The number of carbonyl (C=O) groups excluding carboxylic acids is 4. The number of rotatable bonds is 6. The highest BCUT2D eigenvalue weighted by Crippen LogP contribution is 2.38. The van der Waals surface area contributed by atoms with E-state index in [1.165, 1.54) is 24.3 Å². The van der Waals surface area contributed by atoms with Crippen LogP contribution >= 0.6 is 11.6 Å². The summed E-state index contributed by atoms with van der Waals surface area (Å²) in [5.41, 5.74) is -1.80. The first-order valence-electron chi connectivity index (χ1n) is 8.69. The molecule has 1 aliphatic heterocycles. The lowest BCUT2D eigenvalue weighted by Crippen LogP contribution is -2.54. The van der Waals surface area contributed by atoms with Crippen LogP contribution in [0.5, 0.6) is 0 Å². The zero-order chi connectivity index (χ0) is 22.5. The maximum absolute atomic E-state index is 12.3. The van der Waals surface area contributed by atoms with Crippen LogP contribution in [0.4, 0.5) is 0 Å². The van der Waals surface area contributed by atoms with Gasteiger partial charge in [0.15, 0.2) is 6.10 Å². The molecule has 1 heterocycles. The quantitative estimate of drug-likeness (QED) is 0.371. The first-order chi connectivity index (χ1) is 14.1. The van der Waals surface area contributed by atoms with Gasteiger partial charge in [-0.1, -0.05) is 17.5 Å². The molecule has 0 aromatic heterocycles. The zero-order valence-electron chi connectivity index (χ0n) is 16.4. The number of halogens is 1. The van der Waals surface area contributed by atoms with Crippen molar-refractivity contribution in [3.63, 3.8) is 0 Å². The Morgan fingerprint density at radius 1 is 1.07 bits per heavy atom. The van der Waals surface area contributed by atoms with E-state index in [0.29, 0.717) is 5.02 Å². The third kappa shape index (κ3) is 5.28. The topological polar surface area (TPSA) is 114 Å². The standard InChI is InChI=1S/C20H19ClO9/c1-5-20(30-13(4)24)16(10-26-18(25)14-6-8-15(21)9-7-14)29-19(28-12(3)23)17(20)27-11(2)22/h1,6-9,16-17,19H,10H2,2-4H3/t16-,17+,19?,20-/m1/s1. The van der Waals surface area contributed by atoms with Gasteiger partial charge in [0.1, 0.15) is 6.61 Å². The van der Waals surface area contributed by atoms with Gasteiger partial charge in [0.2, 0.25) is 18.0 Å². The first kappa shape index (κ1) is 23.2. The molecule has 1 saturated heterocycles. The van der Waals surface area contributed by atoms with Gasteiger partial charge in [-0.05, 0) is 24.3 Å². The van der Waals surface area contributed by atoms with Gasteiger partial charge in [-0.2, -0.15) is 0 Å². The molecule has 1 aromatic carbocycles. The summed E-state index contributed by atoms with van der Waals surface area (Å²) >= 11 is 5.79. The van der Waals surface area contributed by atoms with Crippen LogP contribution in [0.15, 0.2) is 24.3 Å². The molecule has 9 nitrogen and oxygen atoms in total. The van der Waals surface area contributed by atoms with Gasteiger partial charge in [0, 0.05) is 25.8 Å². The summed E-state index contributed by atoms with van der Waals surface area (Å²) in [6, 6.07) is 5.90. The van der Waals surface area contributed by atoms with Gasteiger partial charge < -0.3 is 23.7 Å². The Balaban J connectivity index is 2.31. The molecule has 0 bridgehead atoms. The van der Waals surface area contributed by atoms with Gasteiger partial charge in [-0.25, -0.2) is 4.79 Å². The first-order valence-corrected chi connectivity index (χ1v) is 9.06. The number of hydrogen-bond donors (Lipinski definition) is 0. The van der Waals surface area contributed by atoms with Gasteiger partial charge in [-0.15, -0.1) is 6.42 Å². The predicted molar refractivity (Wildman–Crippen MR) is 101 cm³/mol. The Kier molecular flexibility index (Phi) is 7.43. The normalized spacial score (nSPS) is 25.0. The highest BCUT2D eigenvalue weighted by atomic mass is 35.5. The molecule has 1 aromatic rings. The summed E-state index contributed by atoms with van der Waals surface area (Å²) in [7, 11) is 0. The van der Waals surface area contributed by atoms with Gasteiger partial charge in [0.25, 0.3) is 0 Å². The highest BCUT2D eigenvalue weighted by molar-refractivity contribution is 6.30. The predicted octanol–water partition coefficient (Wildman–Crippen LogP) is 1.65. The summed E-state index contributed by atoms with van der Waals surface area (Å²) in [6.45, 7) is 2.79. The largest absolute Gasteiger partial charge is 0.459 e. The summed E-state index contributed by atoms with van der Waals surface area (Å²) in [5.74, 6) is -0.848. The number of benzene rings is 1. The Hall–Kier alpha value is -3.09. The fraction of sp³-hybridized carbons (Fsp3) is 0.400. The van der Waals surface area contributed by atoms with Crippen LogP contribution in [-0.2, 0) is 38.1 Å². The van der Waals surface area contributed by atoms with Crippen LogP contribution in [0.1, 0.15) is 31.1 Å². The fourth-order valence-corrected chi connectivity index (χ4v) is 2.97. The average molecular weight is 439 g/mol. The minimum Gasteiger partial charge on any atom is -0.459 e. The third-order valence-electron chi connectivity index (χ3n) is 4.01. The third-order valence-corrected chi connectivity index (χ3v) is 4.26. The van der Waals surface area contributed by atoms with E-state index in [4.69, 9.17) is 41.7 Å². The van der Waals surface area contributed by atoms with E-state index in [-0.39, 0.29) is 5.56 Å². The van der Waals surface area contributed by atoms with Gasteiger partial charge in [-0.3, -0.25) is 14.4 Å². The van der Waals surface area contributed by atoms with Crippen LogP contribution in [-0.4, -0.2) is 54.6 Å². The molecule has 0 spiro atoms. The van der Waals surface area contributed by atoms with Crippen molar-refractivity contribution in [3.8, 4) is 12.3 Å².